The van der Waals surface area contributed by atoms with Crippen LogP contribution in [0, 0.1) is 0 Å². The molecule has 0 aromatic heterocycles. The highest BCUT2D eigenvalue weighted by Crippen LogP contribution is 2.12. The summed E-state index contributed by atoms with van der Waals surface area (Å²) in [4.78, 5) is 11.3. The highest BCUT2D eigenvalue weighted by atomic mass is 16.5. The lowest BCUT2D eigenvalue weighted by Crippen LogP contribution is -2.39. The van der Waals surface area contributed by atoms with Crippen molar-refractivity contribution in [3.63, 3.8) is 0 Å². The van der Waals surface area contributed by atoms with E-state index in [1.165, 1.54) is 0 Å². The van der Waals surface area contributed by atoms with Crippen molar-refractivity contribution in [2.24, 2.45) is 0 Å². The van der Waals surface area contributed by atoms with Crippen LogP contribution in [-0.2, 0) is 9.53 Å². The molecule has 0 bridgehead atoms. The summed E-state index contributed by atoms with van der Waals surface area (Å²) in [6.45, 7) is 6.55. The van der Waals surface area contributed by atoms with Crippen LogP contribution in [-0.4, -0.2) is 37.7 Å². The molecule has 1 heterocycles. The van der Waals surface area contributed by atoms with Crippen LogP contribution in [0.2, 0.25) is 0 Å². The van der Waals surface area contributed by atoms with Gasteiger partial charge >= 0.3 is 0 Å². The van der Waals surface area contributed by atoms with Gasteiger partial charge in [0.05, 0.1) is 6.10 Å². The second-order valence-electron chi connectivity index (χ2n) is 4.46. The highest BCUT2D eigenvalue weighted by molar-refractivity contribution is 5.75. The van der Waals surface area contributed by atoms with E-state index in [9.17, 15) is 4.79 Å². The van der Waals surface area contributed by atoms with E-state index in [-0.39, 0.29) is 5.91 Å². The molecule has 0 aromatic rings. The van der Waals surface area contributed by atoms with Crippen molar-refractivity contribution in [2.75, 3.05) is 19.7 Å². The van der Waals surface area contributed by atoms with Crippen LogP contribution in [0.15, 0.2) is 0 Å². The molecule has 1 saturated heterocycles. The van der Waals surface area contributed by atoms with E-state index in [4.69, 9.17) is 4.74 Å². The molecule has 1 fully saturated rings. The fourth-order valence-corrected chi connectivity index (χ4v) is 1.93. The number of rotatable bonds is 6. The Hall–Kier alpha value is -0.610. The molecule has 16 heavy (non-hydrogen) atoms. The zero-order valence-corrected chi connectivity index (χ0v) is 10.4. The van der Waals surface area contributed by atoms with Gasteiger partial charge in [-0.15, -0.1) is 0 Å². The maximum Gasteiger partial charge on any atom is 0.221 e. The zero-order valence-electron chi connectivity index (χ0n) is 10.4. The van der Waals surface area contributed by atoms with E-state index in [0.717, 1.165) is 39.0 Å². The first kappa shape index (κ1) is 13.5. The number of ether oxygens (including phenoxy) is 1. The molecule has 0 radical (unpaired) electrons. The lowest BCUT2D eigenvalue weighted by atomic mass is 10.0. The van der Waals surface area contributed by atoms with Gasteiger partial charge in [-0.1, -0.05) is 6.92 Å². The van der Waals surface area contributed by atoms with Crippen molar-refractivity contribution < 1.29 is 9.53 Å². The molecule has 0 aromatic carbocycles. The lowest BCUT2D eigenvalue weighted by Gasteiger charge is -2.28. The normalized spacial score (nSPS) is 25.4. The largest absolute Gasteiger partial charge is 0.378 e. The standard InChI is InChI=1S/C12H24N2O2/c1-3-6-14-12(15)4-7-13-11-5-8-16-10(2)9-11/h10-11,13H,3-9H2,1-2H3,(H,14,15). The van der Waals surface area contributed by atoms with Crippen molar-refractivity contribution >= 4 is 5.91 Å². The smallest absolute Gasteiger partial charge is 0.221 e. The lowest BCUT2D eigenvalue weighted by molar-refractivity contribution is -0.121. The topological polar surface area (TPSA) is 50.4 Å². The van der Waals surface area contributed by atoms with Crippen LogP contribution in [0.25, 0.3) is 0 Å². The number of amides is 1. The molecule has 1 rings (SSSR count). The average Bonchev–Trinajstić information content (AvgIpc) is 2.26. The van der Waals surface area contributed by atoms with Crippen LogP contribution >= 0.6 is 0 Å². The summed E-state index contributed by atoms with van der Waals surface area (Å²) < 4.78 is 5.47. The Bertz CT molecular complexity index is 209. The quantitative estimate of drug-likeness (QED) is 0.714. The van der Waals surface area contributed by atoms with Crippen molar-refractivity contribution in [3.8, 4) is 0 Å². The molecule has 1 aliphatic rings. The summed E-state index contributed by atoms with van der Waals surface area (Å²) in [6, 6.07) is 0.516. The molecule has 0 saturated carbocycles. The van der Waals surface area contributed by atoms with E-state index < -0.39 is 0 Å². The first-order chi connectivity index (χ1) is 7.72. The first-order valence-electron chi connectivity index (χ1n) is 6.34. The third-order valence-electron chi connectivity index (χ3n) is 2.84. The van der Waals surface area contributed by atoms with Crippen LogP contribution in [0.4, 0.5) is 0 Å². The van der Waals surface area contributed by atoms with Gasteiger partial charge in [0.1, 0.15) is 0 Å². The van der Waals surface area contributed by atoms with Crippen LogP contribution in [0.3, 0.4) is 0 Å². The van der Waals surface area contributed by atoms with Gasteiger partial charge in [0.25, 0.3) is 0 Å². The van der Waals surface area contributed by atoms with Crippen LogP contribution in [0.1, 0.15) is 39.5 Å². The first-order valence-corrected chi connectivity index (χ1v) is 6.34. The monoisotopic (exact) mass is 228 g/mol. The Morgan fingerprint density at radius 1 is 1.44 bits per heavy atom. The van der Waals surface area contributed by atoms with Gasteiger partial charge in [-0.05, 0) is 26.2 Å². The molecule has 94 valence electrons. The second kappa shape index (κ2) is 7.63. The number of nitrogens with one attached hydrogen (secondary N) is 2. The van der Waals surface area contributed by atoms with E-state index in [0.29, 0.717) is 18.6 Å². The van der Waals surface area contributed by atoms with Crippen LogP contribution < -0.4 is 10.6 Å². The molecule has 0 spiro atoms. The minimum Gasteiger partial charge on any atom is -0.378 e. The Balaban J connectivity index is 2.03. The van der Waals surface area contributed by atoms with Crippen molar-refractivity contribution in [1.82, 2.24) is 10.6 Å². The van der Waals surface area contributed by atoms with E-state index in [1.807, 2.05) is 0 Å². The second-order valence-corrected chi connectivity index (χ2v) is 4.46. The number of hydrogen-bond donors (Lipinski definition) is 2. The Morgan fingerprint density at radius 3 is 2.94 bits per heavy atom. The van der Waals surface area contributed by atoms with Crippen molar-refractivity contribution in [1.29, 1.82) is 0 Å². The number of hydrogen-bond acceptors (Lipinski definition) is 3. The molecule has 2 N–H and O–H groups in total. The molecule has 1 aliphatic heterocycles. The fourth-order valence-electron chi connectivity index (χ4n) is 1.93. The number of carbonyl (C=O) groups is 1. The van der Waals surface area contributed by atoms with E-state index >= 15 is 0 Å². The molecule has 4 heteroatoms. The number of carbonyl (C=O) groups excluding carboxylic acids is 1. The molecular weight excluding hydrogens is 204 g/mol. The maximum atomic E-state index is 11.3. The van der Waals surface area contributed by atoms with Gasteiger partial charge in [-0.3, -0.25) is 4.79 Å². The van der Waals surface area contributed by atoms with Gasteiger partial charge in [-0.25, -0.2) is 0 Å². The predicted octanol–water partition coefficient (Wildman–Crippen LogP) is 1.06. The van der Waals surface area contributed by atoms with Gasteiger partial charge in [-0.2, -0.15) is 0 Å². The molecule has 1 amide bonds. The molecule has 4 nitrogen and oxygen atoms in total. The predicted molar refractivity (Wildman–Crippen MR) is 64.4 cm³/mol. The third kappa shape index (κ3) is 5.47. The van der Waals surface area contributed by atoms with Gasteiger partial charge in [0, 0.05) is 32.2 Å². The Morgan fingerprint density at radius 2 is 2.25 bits per heavy atom. The Labute approximate surface area is 98.1 Å². The Kier molecular flexibility index (Phi) is 6.42. The fraction of sp³-hybridized carbons (Fsp3) is 0.917. The third-order valence-corrected chi connectivity index (χ3v) is 2.84. The van der Waals surface area contributed by atoms with Gasteiger partial charge in [0.2, 0.25) is 5.91 Å². The summed E-state index contributed by atoms with van der Waals surface area (Å²) in [7, 11) is 0. The average molecular weight is 228 g/mol. The van der Waals surface area contributed by atoms with Crippen molar-refractivity contribution in [3.05, 3.63) is 0 Å². The zero-order chi connectivity index (χ0) is 11.8. The molecule has 2 atom stereocenters. The van der Waals surface area contributed by atoms with Gasteiger partial charge < -0.3 is 15.4 Å². The molecule has 2 unspecified atom stereocenters. The highest BCUT2D eigenvalue weighted by Gasteiger charge is 2.18. The van der Waals surface area contributed by atoms with Gasteiger partial charge in [0.15, 0.2) is 0 Å². The van der Waals surface area contributed by atoms with Crippen LogP contribution in [0.5, 0.6) is 0 Å². The minimum atomic E-state index is 0.148. The summed E-state index contributed by atoms with van der Waals surface area (Å²) in [6.07, 6.45) is 4.03. The van der Waals surface area contributed by atoms with E-state index in [1.54, 1.807) is 0 Å². The summed E-state index contributed by atoms with van der Waals surface area (Å²) in [5.74, 6) is 0.148. The van der Waals surface area contributed by atoms with Crippen molar-refractivity contribution in [2.45, 2.75) is 51.7 Å². The summed E-state index contributed by atoms with van der Waals surface area (Å²) >= 11 is 0. The van der Waals surface area contributed by atoms with E-state index in [2.05, 4.69) is 24.5 Å². The summed E-state index contributed by atoms with van der Waals surface area (Å²) in [5, 5.41) is 6.29. The maximum absolute atomic E-state index is 11.3. The molecule has 0 aliphatic carbocycles. The SMILES string of the molecule is CCCNC(=O)CCNC1CCOC(C)C1. The summed E-state index contributed by atoms with van der Waals surface area (Å²) in [5.41, 5.74) is 0. The molecular formula is C12H24N2O2. The minimum absolute atomic E-state index is 0.148.